The molecule has 1 spiro atoms. The normalized spacial score (nSPS) is 13.0. The molecule has 0 N–H and O–H groups in total. The van der Waals surface area contributed by atoms with Crippen LogP contribution in [0.15, 0.2) is 235 Å². The molecule has 2 aliphatic carbocycles. The van der Waals surface area contributed by atoms with Crippen LogP contribution in [0.2, 0.25) is 0 Å². The van der Waals surface area contributed by atoms with E-state index in [0.717, 1.165) is 72.3 Å². The highest BCUT2D eigenvalue weighted by Gasteiger charge is 2.52. The summed E-state index contributed by atoms with van der Waals surface area (Å²) in [4.78, 5) is 11.0. The number of fused-ring (bicyclic) bond motifs is 14. The number of aromatic nitrogens is 2. The maximum absolute atomic E-state index is 6.68. The van der Waals surface area contributed by atoms with Crippen molar-refractivity contribution in [3.63, 3.8) is 0 Å². The molecule has 0 aliphatic heterocycles. The van der Waals surface area contributed by atoms with Crippen LogP contribution in [0.25, 0.3) is 111 Å². The van der Waals surface area contributed by atoms with Crippen LogP contribution in [0.4, 0.5) is 0 Å². The Balaban J connectivity index is 1.05. The fraction of sp³-hybridized carbons (Fsp3) is 0.0159. The summed E-state index contributed by atoms with van der Waals surface area (Å²) in [7, 11) is 0. The summed E-state index contributed by atoms with van der Waals surface area (Å²) in [6.07, 6.45) is 0. The maximum atomic E-state index is 6.68. The van der Waals surface area contributed by atoms with Crippen molar-refractivity contribution in [2.45, 2.75) is 5.41 Å². The van der Waals surface area contributed by atoms with E-state index < -0.39 is 5.41 Å². The molecule has 0 saturated heterocycles. The summed E-state index contributed by atoms with van der Waals surface area (Å²) in [5.41, 5.74) is 20.5. The second kappa shape index (κ2) is 14.2. The minimum absolute atomic E-state index is 0.540. The third-order valence-electron chi connectivity index (χ3n) is 14.1. The summed E-state index contributed by atoms with van der Waals surface area (Å²) < 4.78 is 6.68. The molecule has 0 fully saturated rings. The number of nitrogens with zero attached hydrogens (tertiary/aromatic N) is 2. The summed E-state index contributed by atoms with van der Waals surface area (Å²) >= 11 is 0. The van der Waals surface area contributed by atoms with Gasteiger partial charge < -0.3 is 4.42 Å². The largest absolute Gasteiger partial charge is 0.455 e. The molecule has 306 valence electrons. The Bertz CT molecular complexity index is 3890. The lowest BCUT2D eigenvalue weighted by atomic mass is 9.69. The molecule has 12 aromatic rings. The Morgan fingerprint density at radius 3 is 1.67 bits per heavy atom. The first-order valence-corrected chi connectivity index (χ1v) is 22.6. The zero-order chi connectivity index (χ0) is 43.3. The molecule has 0 bridgehead atoms. The van der Waals surface area contributed by atoms with Crippen LogP contribution in [0.5, 0.6) is 0 Å². The van der Waals surface area contributed by atoms with Gasteiger partial charge in [0.1, 0.15) is 11.2 Å². The van der Waals surface area contributed by atoms with Crippen LogP contribution in [0, 0.1) is 0 Å². The van der Waals surface area contributed by atoms with Crippen LogP contribution in [0.3, 0.4) is 0 Å². The van der Waals surface area contributed by atoms with E-state index in [1.54, 1.807) is 0 Å². The molecule has 0 radical (unpaired) electrons. The number of hydrogen-bond acceptors (Lipinski definition) is 3. The summed E-state index contributed by atoms with van der Waals surface area (Å²) in [5.74, 6) is 0.675. The van der Waals surface area contributed by atoms with Crippen LogP contribution >= 0.6 is 0 Å². The lowest BCUT2D eigenvalue weighted by molar-refractivity contribution is 0.670. The van der Waals surface area contributed by atoms with Gasteiger partial charge in [-0.3, -0.25) is 0 Å². The van der Waals surface area contributed by atoms with Gasteiger partial charge in [0.25, 0.3) is 0 Å². The SMILES string of the molecule is c1ccc(-c2nc(-c3cc(-c4ccc5ccccc5c4)cc(-c4cccc5c4oc4ccccc45)c3)cc(-c3cccc4c3C3(c5ccccc5-c5ccccc53)c3ccccc3-4)n2)cc1. The zero-order valence-electron chi connectivity index (χ0n) is 35.7. The topological polar surface area (TPSA) is 38.9 Å². The van der Waals surface area contributed by atoms with Gasteiger partial charge in [0, 0.05) is 33.0 Å². The van der Waals surface area contributed by atoms with Crippen LogP contribution < -0.4 is 0 Å². The smallest absolute Gasteiger partial charge is 0.160 e. The molecular weight excluding hydrogens is 801 g/mol. The minimum Gasteiger partial charge on any atom is -0.455 e. The van der Waals surface area contributed by atoms with E-state index >= 15 is 0 Å². The third-order valence-corrected chi connectivity index (χ3v) is 14.1. The lowest BCUT2D eigenvalue weighted by Gasteiger charge is -2.32. The van der Waals surface area contributed by atoms with E-state index in [4.69, 9.17) is 14.4 Å². The van der Waals surface area contributed by atoms with E-state index in [1.165, 1.54) is 55.3 Å². The average Bonchev–Trinajstić information content (AvgIpc) is 4.03. The van der Waals surface area contributed by atoms with Gasteiger partial charge in [0.2, 0.25) is 0 Å². The van der Waals surface area contributed by atoms with E-state index in [9.17, 15) is 0 Å². The van der Waals surface area contributed by atoms with Gasteiger partial charge in [-0.2, -0.15) is 0 Å². The molecule has 66 heavy (non-hydrogen) atoms. The Kier molecular flexibility index (Phi) is 7.90. The molecule has 0 amide bonds. The van der Waals surface area contributed by atoms with Crippen LogP contribution in [-0.4, -0.2) is 9.97 Å². The fourth-order valence-corrected chi connectivity index (χ4v) is 11.3. The Hall–Kier alpha value is -8.66. The summed E-state index contributed by atoms with van der Waals surface area (Å²) in [5, 5.41) is 4.61. The van der Waals surface area contributed by atoms with Gasteiger partial charge in [-0.25, -0.2) is 9.97 Å². The molecule has 3 nitrogen and oxygen atoms in total. The quantitative estimate of drug-likeness (QED) is 0.173. The first-order chi connectivity index (χ1) is 32.7. The number of hydrogen-bond donors (Lipinski definition) is 0. The first-order valence-electron chi connectivity index (χ1n) is 22.6. The Labute approximate surface area is 382 Å². The molecule has 2 heterocycles. The lowest BCUT2D eigenvalue weighted by Crippen LogP contribution is -2.26. The number of rotatable bonds is 5. The second-order valence-corrected chi connectivity index (χ2v) is 17.6. The number of para-hydroxylation sites is 2. The predicted molar refractivity (Wildman–Crippen MR) is 270 cm³/mol. The van der Waals surface area contributed by atoms with E-state index in [-0.39, 0.29) is 0 Å². The molecule has 2 aliphatic rings. The van der Waals surface area contributed by atoms with Crippen LogP contribution in [-0.2, 0) is 5.41 Å². The predicted octanol–water partition coefficient (Wildman–Crippen LogP) is 16.2. The molecule has 14 rings (SSSR count). The standard InChI is InChI=1S/C63H38N2O/c1-2-17-40(18-3-1)62-64-57(38-58(65-62)53-27-15-25-51-49-22-8-12-30-56(49)63(60(51)53)54-28-10-6-20-47(54)48-21-7-11-29-55(48)63)45-36-43(42-33-32-39-16-4-5-19-41(39)34-42)35-44(37-45)46-24-14-26-52-50-23-9-13-31-59(50)66-61(46)52/h1-38H. The van der Waals surface area contributed by atoms with Crippen molar-refractivity contribution < 1.29 is 4.42 Å². The molecule has 0 saturated carbocycles. The van der Waals surface area contributed by atoms with Gasteiger partial charge >= 0.3 is 0 Å². The molecule has 0 atom stereocenters. The fourth-order valence-electron chi connectivity index (χ4n) is 11.3. The molecule has 3 heteroatoms. The van der Waals surface area contributed by atoms with Gasteiger partial charge in [-0.05, 0) is 108 Å². The van der Waals surface area contributed by atoms with E-state index in [2.05, 4.69) is 218 Å². The number of furan rings is 1. The maximum Gasteiger partial charge on any atom is 0.160 e. The van der Waals surface area contributed by atoms with Crippen molar-refractivity contribution in [1.29, 1.82) is 0 Å². The summed E-state index contributed by atoms with van der Waals surface area (Å²) in [6.45, 7) is 0. The van der Waals surface area contributed by atoms with E-state index in [0.29, 0.717) is 5.82 Å². The van der Waals surface area contributed by atoms with Gasteiger partial charge in [-0.1, -0.05) is 194 Å². The van der Waals surface area contributed by atoms with Crippen molar-refractivity contribution in [3.05, 3.63) is 253 Å². The Morgan fingerprint density at radius 2 is 0.879 bits per heavy atom. The molecular formula is C63H38N2O. The van der Waals surface area contributed by atoms with Crippen molar-refractivity contribution in [2.24, 2.45) is 0 Å². The van der Waals surface area contributed by atoms with Gasteiger partial charge in [0.15, 0.2) is 5.82 Å². The van der Waals surface area contributed by atoms with Crippen molar-refractivity contribution in [3.8, 4) is 78.4 Å². The van der Waals surface area contributed by atoms with Crippen molar-refractivity contribution in [1.82, 2.24) is 9.97 Å². The monoisotopic (exact) mass is 838 g/mol. The Morgan fingerprint density at radius 1 is 0.318 bits per heavy atom. The molecule has 0 unspecified atom stereocenters. The molecule has 2 aromatic heterocycles. The van der Waals surface area contributed by atoms with Gasteiger partial charge in [0.05, 0.1) is 16.8 Å². The average molecular weight is 839 g/mol. The second-order valence-electron chi connectivity index (χ2n) is 17.6. The minimum atomic E-state index is -0.540. The van der Waals surface area contributed by atoms with Crippen LogP contribution in [0.1, 0.15) is 22.3 Å². The highest BCUT2D eigenvalue weighted by atomic mass is 16.3. The zero-order valence-corrected chi connectivity index (χ0v) is 35.7. The highest BCUT2D eigenvalue weighted by Crippen LogP contribution is 2.64. The third kappa shape index (κ3) is 5.32. The van der Waals surface area contributed by atoms with Crippen molar-refractivity contribution >= 4 is 32.7 Å². The number of benzene rings is 10. The summed E-state index contributed by atoms with van der Waals surface area (Å²) in [6, 6.07) is 83.3. The first kappa shape index (κ1) is 36.8. The molecule has 10 aromatic carbocycles. The van der Waals surface area contributed by atoms with Gasteiger partial charge in [-0.15, -0.1) is 0 Å². The van der Waals surface area contributed by atoms with Crippen molar-refractivity contribution in [2.75, 3.05) is 0 Å². The highest BCUT2D eigenvalue weighted by molar-refractivity contribution is 6.10. The van der Waals surface area contributed by atoms with E-state index in [1.807, 2.05) is 12.1 Å².